The number of anilines is 1. The third kappa shape index (κ3) is 3.13. The molecular weight excluding hydrogens is 282 g/mol. The highest BCUT2D eigenvalue weighted by Gasteiger charge is 2.33. The fourth-order valence-electron chi connectivity index (χ4n) is 2.64. The van der Waals surface area contributed by atoms with Crippen LogP contribution in [0, 0.1) is 5.41 Å². The lowest BCUT2D eigenvalue weighted by Crippen LogP contribution is -2.32. The van der Waals surface area contributed by atoms with E-state index in [1.165, 1.54) is 6.20 Å². The predicted octanol–water partition coefficient (Wildman–Crippen LogP) is 0.854. The van der Waals surface area contributed by atoms with Crippen LogP contribution in [0.4, 0.5) is 5.69 Å². The third-order valence-corrected chi connectivity index (χ3v) is 4.32. The predicted molar refractivity (Wildman–Crippen MR) is 77.1 cm³/mol. The molecule has 1 aromatic heterocycles. The molecule has 0 aromatic carbocycles. The van der Waals surface area contributed by atoms with E-state index in [1.54, 1.807) is 0 Å². The first kappa shape index (κ1) is 15.3. The molecule has 7 heteroatoms. The monoisotopic (exact) mass is 301 g/mol. The third-order valence-electron chi connectivity index (χ3n) is 3.95. The summed E-state index contributed by atoms with van der Waals surface area (Å²) in [6.07, 6.45) is 5.67. The Morgan fingerprint density at radius 3 is 2.70 bits per heavy atom. The number of halogens is 1. The van der Waals surface area contributed by atoms with Gasteiger partial charge in [0.05, 0.1) is 31.6 Å². The van der Waals surface area contributed by atoms with E-state index in [-0.39, 0.29) is 30.2 Å². The number of hydrogen-bond acceptors (Lipinski definition) is 5. The lowest BCUT2D eigenvalue weighted by molar-refractivity contribution is 0.142. The van der Waals surface area contributed by atoms with Crippen molar-refractivity contribution < 1.29 is 10.2 Å². The van der Waals surface area contributed by atoms with Crippen LogP contribution in [0.25, 0.3) is 0 Å². The molecule has 0 spiro atoms. The number of nitrogens with one attached hydrogen (secondary N) is 1. The van der Waals surface area contributed by atoms with Gasteiger partial charge in [0.15, 0.2) is 0 Å². The Labute approximate surface area is 122 Å². The molecule has 1 heterocycles. The van der Waals surface area contributed by atoms with Crippen LogP contribution in [-0.4, -0.2) is 39.8 Å². The van der Waals surface area contributed by atoms with E-state index in [0.717, 1.165) is 30.4 Å². The van der Waals surface area contributed by atoms with Gasteiger partial charge in [-0.25, -0.2) is 4.68 Å². The molecule has 1 aromatic rings. The largest absolute Gasteiger partial charge is 0.396 e. The Hall–Kier alpha value is -1.11. The molecule has 0 bridgehead atoms. The average molecular weight is 302 g/mol. The van der Waals surface area contributed by atoms with Gasteiger partial charge < -0.3 is 15.5 Å². The van der Waals surface area contributed by atoms with E-state index in [9.17, 15) is 9.90 Å². The Morgan fingerprint density at radius 2 is 2.10 bits per heavy atom. The first-order valence-electron chi connectivity index (χ1n) is 6.83. The van der Waals surface area contributed by atoms with Crippen LogP contribution in [0.15, 0.2) is 11.0 Å². The average Bonchev–Trinajstić information content (AvgIpc) is 2.93. The number of rotatable bonds is 6. The molecule has 20 heavy (non-hydrogen) atoms. The molecule has 0 radical (unpaired) electrons. The Morgan fingerprint density at radius 1 is 1.40 bits per heavy atom. The highest BCUT2D eigenvalue weighted by molar-refractivity contribution is 6.32. The number of aromatic nitrogens is 2. The number of aliphatic hydroxyl groups is 2. The summed E-state index contributed by atoms with van der Waals surface area (Å²) >= 11 is 6.03. The normalized spacial score (nSPS) is 17.4. The first-order chi connectivity index (χ1) is 9.62. The summed E-state index contributed by atoms with van der Waals surface area (Å²) in [5.41, 5.74) is -0.0655. The summed E-state index contributed by atoms with van der Waals surface area (Å²) in [6, 6.07) is 0. The molecule has 0 amide bonds. The Kier molecular flexibility index (Phi) is 5.01. The van der Waals surface area contributed by atoms with Crippen molar-refractivity contribution in [2.75, 3.05) is 25.1 Å². The fourth-order valence-corrected chi connectivity index (χ4v) is 2.85. The van der Waals surface area contributed by atoms with Gasteiger partial charge in [0.25, 0.3) is 5.56 Å². The van der Waals surface area contributed by atoms with Crippen LogP contribution in [0.3, 0.4) is 0 Å². The van der Waals surface area contributed by atoms with Crippen molar-refractivity contribution in [2.45, 2.75) is 32.2 Å². The number of aliphatic hydroxyl groups excluding tert-OH is 2. The van der Waals surface area contributed by atoms with Gasteiger partial charge >= 0.3 is 0 Å². The zero-order valence-electron chi connectivity index (χ0n) is 11.3. The van der Waals surface area contributed by atoms with Crippen molar-refractivity contribution in [3.8, 4) is 0 Å². The quantitative estimate of drug-likeness (QED) is 0.725. The van der Waals surface area contributed by atoms with Crippen molar-refractivity contribution in [3.05, 3.63) is 21.6 Å². The van der Waals surface area contributed by atoms with Crippen molar-refractivity contribution in [1.29, 1.82) is 0 Å². The molecule has 112 valence electrons. The van der Waals surface area contributed by atoms with Crippen LogP contribution in [0.1, 0.15) is 25.7 Å². The summed E-state index contributed by atoms with van der Waals surface area (Å²) < 4.78 is 1.13. The minimum absolute atomic E-state index is 0.0690. The van der Waals surface area contributed by atoms with Crippen LogP contribution in [0.5, 0.6) is 0 Å². The summed E-state index contributed by atoms with van der Waals surface area (Å²) in [7, 11) is 0. The smallest absolute Gasteiger partial charge is 0.287 e. The SMILES string of the molecule is O=c1c(Cl)c(NCC2(CO)CCCC2)cnn1CCO. The number of hydrogen-bond donors (Lipinski definition) is 3. The minimum Gasteiger partial charge on any atom is -0.396 e. The van der Waals surface area contributed by atoms with Crippen molar-refractivity contribution in [2.24, 2.45) is 5.41 Å². The maximum atomic E-state index is 11.9. The molecule has 1 saturated carbocycles. The maximum Gasteiger partial charge on any atom is 0.287 e. The maximum absolute atomic E-state index is 11.9. The molecule has 1 fully saturated rings. The van der Waals surface area contributed by atoms with Gasteiger partial charge in [-0.05, 0) is 12.8 Å². The lowest BCUT2D eigenvalue weighted by atomic mass is 9.87. The first-order valence-corrected chi connectivity index (χ1v) is 7.21. The van der Waals surface area contributed by atoms with Gasteiger partial charge in [-0.3, -0.25) is 4.79 Å². The second-order valence-electron chi connectivity index (χ2n) is 5.34. The second kappa shape index (κ2) is 6.56. The molecular formula is C13H20ClN3O3. The van der Waals surface area contributed by atoms with E-state index in [4.69, 9.17) is 16.7 Å². The van der Waals surface area contributed by atoms with Crippen molar-refractivity contribution in [3.63, 3.8) is 0 Å². The number of nitrogens with zero attached hydrogens (tertiary/aromatic N) is 2. The highest BCUT2D eigenvalue weighted by Crippen LogP contribution is 2.37. The highest BCUT2D eigenvalue weighted by atomic mass is 35.5. The topological polar surface area (TPSA) is 87.4 Å². The van der Waals surface area contributed by atoms with Crippen LogP contribution >= 0.6 is 11.6 Å². The van der Waals surface area contributed by atoms with E-state index >= 15 is 0 Å². The van der Waals surface area contributed by atoms with Gasteiger partial charge in [0.1, 0.15) is 5.02 Å². The van der Waals surface area contributed by atoms with Crippen LogP contribution < -0.4 is 10.9 Å². The van der Waals surface area contributed by atoms with E-state index in [1.807, 2.05) is 0 Å². The van der Waals surface area contributed by atoms with Gasteiger partial charge in [-0.2, -0.15) is 5.10 Å². The zero-order chi connectivity index (χ0) is 14.6. The molecule has 6 nitrogen and oxygen atoms in total. The zero-order valence-corrected chi connectivity index (χ0v) is 12.1. The summed E-state index contributed by atoms with van der Waals surface area (Å²) in [6.45, 7) is 0.671. The molecule has 0 atom stereocenters. The molecule has 1 aliphatic carbocycles. The van der Waals surface area contributed by atoms with Gasteiger partial charge in [0, 0.05) is 12.0 Å². The van der Waals surface area contributed by atoms with Crippen molar-refractivity contribution in [1.82, 2.24) is 9.78 Å². The minimum atomic E-state index is -0.421. The second-order valence-corrected chi connectivity index (χ2v) is 5.72. The fraction of sp³-hybridized carbons (Fsp3) is 0.692. The molecule has 0 saturated heterocycles. The summed E-state index contributed by atoms with van der Waals surface area (Å²) in [4.78, 5) is 11.9. The van der Waals surface area contributed by atoms with Gasteiger partial charge in [0.2, 0.25) is 0 Å². The molecule has 3 N–H and O–H groups in total. The standard InChI is InChI=1S/C13H20ClN3O3/c14-11-10(7-16-17(5-6-18)12(11)20)15-8-13(9-19)3-1-2-4-13/h7,15,18-19H,1-6,8-9H2. The lowest BCUT2D eigenvalue weighted by Gasteiger charge is -2.27. The Balaban J connectivity index is 2.10. The molecule has 0 unspecified atom stereocenters. The molecule has 2 rings (SSSR count). The molecule has 1 aliphatic rings. The van der Waals surface area contributed by atoms with Crippen LogP contribution in [-0.2, 0) is 6.54 Å². The van der Waals surface area contributed by atoms with Crippen molar-refractivity contribution >= 4 is 17.3 Å². The van der Waals surface area contributed by atoms with Gasteiger partial charge in [-0.15, -0.1) is 0 Å². The van der Waals surface area contributed by atoms with E-state index < -0.39 is 5.56 Å². The molecule has 0 aliphatic heterocycles. The summed E-state index contributed by atoms with van der Waals surface area (Å²) in [5.74, 6) is 0. The summed E-state index contributed by atoms with van der Waals surface area (Å²) in [5, 5.41) is 25.5. The van der Waals surface area contributed by atoms with E-state index in [0.29, 0.717) is 12.2 Å². The van der Waals surface area contributed by atoms with E-state index in [2.05, 4.69) is 10.4 Å². The Bertz CT molecular complexity index is 512. The van der Waals surface area contributed by atoms with Gasteiger partial charge in [-0.1, -0.05) is 24.4 Å². The van der Waals surface area contributed by atoms with Crippen LogP contribution in [0.2, 0.25) is 5.02 Å².